The number of rotatable bonds is 6. The van der Waals surface area contributed by atoms with Crippen LogP contribution in [0.15, 0.2) is 24.3 Å². The average Bonchev–Trinajstić information content (AvgIpc) is 2.29. The maximum Gasteiger partial charge on any atom is 0.130 e. The van der Waals surface area contributed by atoms with Crippen LogP contribution in [0.25, 0.3) is 0 Å². The summed E-state index contributed by atoms with van der Waals surface area (Å²) in [4.78, 5) is 0. The number of quaternary nitrogens is 1. The average molecular weight is 264 g/mol. The maximum absolute atomic E-state index is 11.8. The van der Waals surface area contributed by atoms with E-state index in [0.29, 0.717) is 18.8 Å². The van der Waals surface area contributed by atoms with Gasteiger partial charge in [-0.15, -0.1) is 0 Å². The summed E-state index contributed by atoms with van der Waals surface area (Å²) in [6.07, 6.45) is -0.153. The van der Waals surface area contributed by atoms with Crippen molar-refractivity contribution >= 4 is 0 Å². The van der Waals surface area contributed by atoms with Crippen molar-refractivity contribution < 1.29 is 32.4 Å². The lowest BCUT2D eigenvalue weighted by atomic mass is 10.0. The van der Waals surface area contributed by atoms with Crippen LogP contribution >= 0.6 is 0 Å². The Bertz CT molecular complexity index is 306. The molecule has 0 fully saturated rings. The molecule has 1 rings (SSSR count). The van der Waals surface area contributed by atoms with Gasteiger partial charge in [-0.2, -0.15) is 0 Å². The van der Waals surface area contributed by atoms with Gasteiger partial charge in [0, 0.05) is 6.42 Å². The van der Waals surface area contributed by atoms with E-state index in [9.17, 15) is 9.50 Å². The van der Waals surface area contributed by atoms with Gasteiger partial charge in [0.2, 0.25) is 0 Å². The van der Waals surface area contributed by atoms with Crippen molar-refractivity contribution in [1.29, 1.82) is 0 Å². The molecule has 0 aliphatic heterocycles. The van der Waals surface area contributed by atoms with Crippen LogP contribution in [-0.4, -0.2) is 24.4 Å². The van der Waals surface area contributed by atoms with E-state index < -0.39 is 6.10 Å². The van der Waals surface area contributed by atoms with E-state index >= 15 is 0 Å². The first kappa shape index (κ1) is 16.2. The third-order valence-corrected chi connectivity index (χ3v) is 2.31. The molecule has 1 aromatic rings. The van der Waals surface area contributed by atoms with Gasteiger partial charge in [0.25, 0.3) is 0 Å². The molecule has 2 atom stereocenters. The van der Waals surface area contributed by atoms with Gasteiger partial charge in [0.1, 0.15) is 17.9 Å². The van der Waals surface area contributed by atoms with Crippen LogP contribution < -0.4 is 22.9 Å². The number of halogens is 2. The Morgan fingerprint density at radius 1 is 1.35 bits per heavy atom. The second-order valence-corrected chi connectivity index (χ2v) is 3.88. The fourth-order valence-corrected chi connectivity index (χ4v) is 1.33. The number of hydrogen-bond acceptors (Lipinski definition) is 2. The van der Waals surface area contributed by atoms with Gasteiger partial charge < -0.3 is 28.0 Å². The molecule has 0 spiro atoms. The summed E-state index contributed by atoms with van der Waals surface area (Å²) in [6.45, 7) is 1.87. The minimum atomic E-state index is -0.556. The molecule has 2 unspecified atom stereocenters. The summed E-state index contributed by atoms with van der Waals surface area (Å²) in [5.41, 5.74) is 4.59. The molecule has 0 bridgehead atoms. The van der Waals surface area contributed by atoms with Crippen molar-refractivity contribution in [2.75, 3.05) is 13.3 Å². The van der Waals surface area contributed by atoms with Gasteiger partial charge in [-0.3, -0.25) is 4.39 Å². The zero-order chi connectivity index (χ0) is 12.0. The van der Waals surface area contributed by atoms with Crippen LogP contribution in [0.2, 0.25) is 0 Å². The molecule has 17 heavy (non-hydrogen) atoms. The number of ether oxygens (including phenoxy) is 1. The number of alkyl halides is 1. The Morgan fingerprint density at radius 3 is 2.41 bits per heavy atom. The molecule has 0 saturated heterocycles. The van der Waals surface area contributed by atoms with Crippen molar-refractivity contribution in [2.45, 2.75) is 25.5 Å². The maximum atomic E-state index is 11.8. The fraction of sp³-hybridized carbons (Fsp3) is 0.500. The molecule has 98 valence electrons. The van der Waals surface area contributed by atoms with Gasteiger partial charge in [-0.1, -0.05) is 12.1 Å². The first-order valence-corrected chi connectivity index (χ1v) is 5.45. The number of aliphatic hydroxyl groups is 1. The number of aliphatic hydroxyl groups excluding tert-OH is 1. The lowest BCUT2D eigenvalue weighted by Gasteiger charge is -2.12. The second kappa shape index (κ2) is 8.28. The van der Waals surface area contributed by atoms with Crippen LogP contribution in [0.1, 0.15) is 25.0 Å². The Morgan fingerprint density at radius 2 is 1.94 bits per heavy atom. The normalized spacial score (nSPS) is 13.6. The summed E-state index contributed by atoms with van der Waals surface area (Å²) >= 11 is 0. The van der Waals surface area contributed by atoms with Crippen molar-refractivity contribution in [3.8, 4) is 5.75 Å². The molecular weight excluding hydrogens is 245 g/mol. The lowest BCUT2D eigenvalue weighted by molar-refractivity contribution is -0.433. The summed E-state index contributed by atoms with van der Waals surface area (Å²) in [5, 5.41) is 9.75. The van der Waals surface area contributed by atoms with Crippen LogP contribution in [-0.2, 0) is 0 Å². The zero-order valence-corrected chi connectivity index (χ0v) is 10.7. The molecule has 0 amide bonds. The summed E-state index contributed by atoms with van der Waals surface area (Å²) in [7, 11) is 0. The molecule has 0 radical (unpaired) electrons. The molecule has 0 aliphatic carbocycles. The highest BCUT2D eigenvalue weighted by molar-refractivity contribution is 5.28. The van der Waals surface area contributed by atoms with Crippen LogP contribution in [0.4, 0.5) is 4.39 Å². The van der Waals surface area contributed by atoms with Crippen LogP contribution in [0.5, 0.6) is 5.75 Å². The Labute approximate surface area is 107 Å². The van der Waals surface area contributed by atoms with Crippen molar-refractivity contribution in [1.82, 2.24) is 0 Å². The largest absolute Gasteiger partial charge is 1.00 e. The molecule has 0 heterocycles. The first-order chi connectivity index (χ1) is 7.65. The third-order valence-electron chi connectivity index (χ3n) is 2.31. The van der Waals surface area contributed by atoms with Gasteiger partial charge in [0.15, 0.2) is 0 Å². The van der Waals surface area contributed by atoms with Gasteiger partial charge in [-0.05, 0) is 24.6 Å². The molecule has 0 aliphatic rings. The van der Waals surface area contributed by atoms with Gasteiger partial charge >= 0.3 is 0 Å². The molecule has 4 N–H and O–H groups in total. The monoisotopic (exact) mass is 263 g/mol. The predicted octanol–water partition coefficient (Wildman–Crippen LogP) is -1.91. The van der Waals surface area contributed by atoms with E-state index in [4.69, 9.17) is 4.74 Å². The minimum absolute atomic E-state index is 0. The van der Waals surface area contributed by atoms with Crippen molar-refractivity contribution in [3.63, 3.8) is 0 Å². The number of benzene rings is 1. The zero-order valence-electron chi connectivity index (χ0n) is 9.90. The smallest absolute Gasteiger partial charge is 0.130 e. The molecule has 3 nitrogen and oxygen atoms in total. The Hall–Kier alpha value is -0.840. The van der Waals surface area contributed by atoms with Crippen molar-refractivity contribution in [2.24, 2.45) is 0 Å². The SMILES string of the molecule is CC([NH3+])C(O)c1ccc(OCCCF)cc1.[Cl-]. The highest BCUT2D eigenvalue weighted by Crippen LogP contribution is 2.19. The number of hydrogen-bond donors (Lipinski definition) is 2. The molecule has 1 aromatic carbocycles. The van der Waals surface area contributed by atoms with E-state index in [1.54, 1.807) is 24.3 Å². The standard InChI is InChI=1S/C12H18FNO2.ClH/c1-9(14)12(15)10-3-5-11(6-4-10)16-8-2-7-13;/h3-6,9,12,15H,2,7-8,14H2,1H3;1H. The first-order valence-electron chi connectivity index (χ1n) is 5.45. The fourth-order valence-electron chi connectivity index (χ4n) is 1.33. The Kier molecular flexibility index (Phi) is 7.87. The molecular formula is C12H19ClFNO2. The summed E-state index contributed by atoms with van der Waals surface area (Å²) < 4.78 is 17.1. The van der Waals surface area contributed by atoms with Crippen molar-refractivity contribution in [3.05, 3.63) is 29.8 Å². The van der Waals surface area contributed by atoms with E-state index in [2.05, 4.69) is 5.73 Å². The van der Waals surface area contributed by atoms with Crippen LogP contribution in [0, 0.1) is 0 Å². The highest BCUT2D eigenvalue weighted by atomic mass is 35.5. The van der Waals surface area contributed by atoms with E-state index in [-0.39, 0.29) is 25.1 Å². The second-order valence-electron chi connectivity index (χ2n) is 3.88. The van der Waals surface area contributed by atoms with E-state index in [1.165, 1.54) is 0 Å². The summed E-state index contributed by atoms with van der Waals surface area (Å²) in [5.74, 6) is 0.695. The molecule has 0 saturated carbocycles. The molecule has 5 heteroatoms. The predicted molar refractivity (Wildman–Crippen MR) is 59.8 cm³/mol. The lowest BCUT2D eigenvalue weighted by Crippen LogP contribution is -3.00. The van der Waals surface area contributed by atoms with Gasteiger partial charge in [0.05, 0.1) is 13.3 Å². The van der Waals surface area contributed by atoms with Crippen LogP contribution in [0.3, 0.4) is 0 Å². The minimum Gasteiger partial charge on any atom is -1.00 e. The highest BCUT2D eigenvalue weighted by Gasteiger charge is 2.14. The van der Waals surface area contributed by atoms with E-state index in [1.807, 2.05) is 6.92 Å². The Balaban J connectivity index is 0.00000256. The topological polar surface area (TPSA) is 57.1 Å². The quantitative estimate of drug-likeness (QED) is 0.589. The third kappa shape index (κ3) is 5.35. The summed E-state index contributed by atoms with van der Waals surface area (Å²) in [6, 6.07) is 7.10. The van der Waals surface area contributed by atoms with Gasteiger partial charge in [-0.25, -0.2) is 0 Å². The van der Waals surface area contributed by atoms with E-state index in [0.717, 1.165) is 5.56 Å². The molecule has 0 aromatic heterocycles.